The largest absolute Gasteiger partial charge is 0.380 e. The van der Waals surface area contributed by atoms with Crippen LogP contribution in [0.15, 0.2) is 24.3 Å². The summed E-state index contributed by atoms with van der Waals surface area (Å²) in [7, 11) is 1.66. The molecule has 1 rings (SSSR count). The van der Waals surface area contributed by atoms with E-state index < -0.39 is 6.04 Å². The highest BCUT2D eigenvalue weighted by molar-refractivity contribution is 5.81. The van der Waals surface area contributed by atoms with Gasteiger partial charge in [-0.05, 0) is 17.5 Å². The summed E-state index contributed by atoms with van der Waals surface area (Å²) in [6.45, 7) is 2.98. The first-order chi connectivity index (χ1) is 8.17. The minimum absolute atomic E-state index is 0.107. The lowest BCUT2D eigenvalue weighted by molar-refractivity contribution is -0.122. The monoisotopic (exact) mass is 236 g/mol. The Labute approximate surface area is 102 Å². The van der Waals surface area contributed by atoms with E-state index in [2.05, 4.69) is 5.32 Å². The highest BCUT2D eigenvalue weighted by Gasteiger charge is 2.09. The number of nitrogens with two attached hydrogens (primary N) is 1. The fourth-order valence-corrected chi connectivity index (χ4v) is 1.50. The van der Waals surface area contributed by atoms with Gasteiger partial charge in [-0.3, -0.25) is 4.79 Å². The van der Waals surface area contributed by atoms with Crippen molar-refractivity contribution in [3.05, 3.63) is 35.4 Å². The van der Waals surface area contributed by atoms with Crippen molar-refractivity contribution in [2.75, 3.05) is 7.11 Å². The van der Waals surface area contributed by atoms with Crippen molar-refractivity contribution >= 4 is 5.91 Å². The van der Waals surface area contributed by atoms with Crippen molar-refractivity contribution in [2.24, 2.45) is 5.73 Å². The average Bonchev–Trinajstić information content (AvgIpc) is 2.36. The number of rotatable bonds is 6. The summed E-state index contributed by atoms with van der Waals surface area (Å²) in [5, 5.41) is 2.81. The first-order valence-corrected chi connectivity index (χ1v) is 5.77. The summed E-state index contributed by atoms with van der Waals surface area (Å²) < 4.78 is 5.06. The second-order valence-corrected chi connectivity index (χ2v) is 3.99. The first-order valence-electron chi connectivity index (χ1n) is 5.77. The van der Waals surface area contributed by atoms with Crippen LogP contribution in [0.25, 0.3) is 0 Å². The molecule has 0 bridgehead atoms. The van der Waals surface area contributed by atoms with Crippen LogP contribution in [-0.4, -0.2) is 19.1 Å². The molecule has 1 amide bonds. The summed E-state index contributed by atoms with van der Waals surface area (Å²) in [5.41, 5.74) is 7.77. The van der Waals surface area contributed by atoms with Gasteiger partial charge in [0, 0.05) is 13.7 Å². The molecule has 17 heavy (non-hydrogen) atoms. The van der Waals surface area contributed by atoms with Crippen molar-refractivity contribution in [3.8, 4) is 0 Å². The minimum atomic E-state index is -0.419. The Bertz CT molecular complexity index is 366. The van der Waals surface area contributed by atoms with Crippen molar-refractivity contribution in [1.82, 2.24) is 5.32 Å². The van der Waals surface area contributed by atoms with Crippen molar-refractivity contribution in [2.45, 2.75) is 32.5 Å². The van der Waals surface area contributed by atoms with Gasteiger partial charge in [-0.15, -0.1) is 0 Å². The van der Waals surface area contributed by atoms with Gasteiger partial charge in [0.1, 0.15) is 0 Å². The third kappa shape index (κ3) is 4.54. The van der Waals surface area contributed by atoms with Crippen LogP contribution in [0, 0.1) is 0 Å². The van der Waals surface area contributed by atoms with E-state index in [4.69, 9.17) is 10.5 Å². The molecular formula is C13H20N2O2. The maximum atomic E-state index is 11.5. The number of carbonyl (C=O) groups excluding carboxylic acids is 1. The number of benzene rings is 1. The maximum Gasteiger partial charge on any atom is 0.237 e. The Morgan fingerprint density at radius 3 is 2.82 bits per heavy atom. The number of carbonyl (C=O) groups is 1. The molecule has 0 aromatic heterocycles. The normalized spacial score (nSPS) is 12.2. The Morgan fingerprint density at radius 2 is 2.18 bits per heavy atom. The van der Waals surface area contributed by atoms with Gasteiger partial charge in [0.25, 0.3) is 0 Å². The molecule has 0 unspecified atom stereocenters. The lowest BCUT2D eigenvalue weighted by atomic mass is 10.1. The van der Waals surface area contributed by atoms with E-state index in [1.807, 2.05) is 31.2 Å². The summed E-state index contributed by atoms with van der Waals surface area (Å²) in [4.78, 5) is 11.5. The number of nitrogens with one attached hydrogen (secondary N) is 1. The van der Waals surface area contributed by atoms with Gasteiger partial charge in [-0.25, -0.2) is 0 Å². The van der Waals surface area contributed by atoms with Gasteiger partial charge in [-0.1, -0.05) is 31.2 Å². The maximum absolute atomic E-state index is 11.5. The van der Waals surface area contributed by atoms with E-state index in [0.717, 1.165) is 11.1 Å². The SMILES string of the molecule is CC[C@H](N)C(=O)NCc1cccc(COC)c1. The molecule has 0 aliphatic heterocycles. The molecule has 0 saturated heterocycles. The first kappa shape index (κ1) is 13.7. The molecule has 4 heteroatoms. The molecule has 4 nitrogen and oxygen atoms in total. The van der Waals surface area contributed by atoms with E-state index in [1.54, 1.807) is 7.11 Å². The predicted molar refractivity (Wildman–Crippen MR) is 67.3 cm³/mol. The molecule has 0 aliphatic rings. The molecule has 0 aliphatic carbocycles. The summed E-state index contributed by atoms with van der Waals surface area (Å²) in [6.07, 6.45) is 0.648. The van der Waals surface area contributed by atoms with Gasteiger partial charge in [0.15, 0.2) is 0 Å². The smallest absolute Gasteiger partial charge is 0.237 e. The van der Waals surface area contributed by atoms with Gasteiger partial charge in [0.2, 0.25) is 5.91 Å². The molecule has 0 fully saturated rings. The molecule has 0 radical (unpaired) electrons. The van der Waals surface area contributed by atoms with Crippen LogP contribution >= 0.6 is 0 Å². The zero-order chi connectivity index (χ0) is 12.7. The third-order valence-electron chi connectivity index (χ3n) is 2.55. The third-order valence-corrected chi connectivity index (χ3v) is 2.55. The summed E-state index contributed by atoms with van der Waals surface area (Å²) in [5.74, 6) is -0.107. The summed E-state index contributed by atoms with van der Waals surface area (Å²) in [6, 6.07) is 7.51. The minimum Gasteiger partial charge on any atom is -0.380 e. The van der Waals surface area contributed by atoms with Gasteiger partial charge < -0.3 is 15.8 Å². The zero-order valence-electron chi connectivity index (χ0n) is 10.4. The zero-order valence-corrected chi connectivity index (χ0v) is 10.4. The lowest BCUT2D eigenvalue weighted by Crippen LogP contribution is -2.39. The van der Waals surface area contributed by atoms with Crippen LogP contribution in [0.2, 0.25) is 0 Å². The van der Waals surface area contributed by atoms with Gasteiger partial charge in [0.05, 0.1) is 12.6 Å². The highest BCUT2D eigenvalue weighted by Crippen LogP contribution is 2.06. The van der Waals surface area contributed by atoms with E-state index >= 15 is 0 Å². The van der Waals surface area contributed by atoms with Crippen molar-refractivity contribution in [1.29, 1.82) is 0 Å². The number of hydrogen-bond donors (Lipinski definition) is 2. The molecule has 1 atom stereocenters. The number of ether oxygens (including phenoxy) is 1. The Hall–Kier alpha value is -1.39. The number of methoxy groups -OCH3 is 1. The molecule has 0 heterocycles. The van der Waals surface area contributed by atoms with Crippen LogP contribution in [0.4, 0.5) is 0 Å². The van der Waals surface area contributed by atoms with E-state index in [1.165, 1.54) is 0 Å². The van der Waals surface area contributed by atoms with E-state index in [0.29, 0.717) is 19.6 Å². The molecule has 1 aromatic rings. The standard InChI is InChI=1S/C13H20N2O2/c1-3-12(14)13(16)15-8-10-5-4-6-11(7-10)9-17-2/h4-7,12H,3,8-9,14H2,1-2H3,(H,15,16)/t12-/m0/s1. The van der Waals surface area contributed by atoms with Crippen molar-refractivity contribution in [3.63, 3.8) is 0 Å². The van der Waals surface area contributed by atoms with Crippen LogP contribution < -0.4 is 11.1 Å². The Balaban J connectivity index is 2.51. The summed E-state index contributed by atoms with van der Waals surface area (Å²) >= 11 is 0. The van der Waals surface area contributed by atoms with Crippen LogP contribution in [0.3, 0.4) is 0 Å². The quantitative estimate of drug-likeness (QED) is 0.779. The van der Waals surface area contributed by atoms with E-state index in [9.17, 15) is 4.79 Å². The van der Waals surface area contributed by atoms with Gasteiger partial charge in [-0.2, -0.15) is 0 Å². The van der Waals surface area contributed by atoms with Crippen molar-refractivity contribution < 1.29 is 9.53 Å². The number of hydrogen-bond acceptors (Lipinski definition) is 3. The van der Waals surface area contributed by atoms with Gasteiger partial charge >= 0.3 is 0 Å². The molecular weight excluding hydrogens is 216 g/mol. The fraction of sp³-hybridized carbons (Fsp3) is 0.462. The highest BCUT2D eigenvalue weighted by atomic mass is 16.5. The molecule has 3 N–H and O–H groups in total. The Morgan fingerprint density at radius 1 is 1.47 bits per heavy atom. The second kappa shape index (κ2) is 7.04. The topological polar surface area (TPSA) is 64.4 Å². The number of amides is 1. The lowest BCUT2D eigenvalue weighted by Gasteiger charge is -2.10. The molecule has 1 aromatic carbocycles. The van der Waals surface area contributed by atoms with Crippen LogP contribution in [0.5, 0.6) is 0 Å². The fourth-order valence-electron chi connectivity index (χ4n) is 1.50. The second-order valence-electron chi connectivity index (χ2n) is 3.99. The Kier molecular flexibility index (Phi) is 5.66. The molecule has 0 saturated carbocycles. The van der Waals surface area contributed by atoms with Crippen LogP contribution in [-0.2, 0) is 22.7 Å². The van der Waals surface area contributed by atoms with Crippen LogP contribution in [0.1, 0.15) is 24.5 Å². The van der Waals surface area contributed by atoms with E-state index in [-0.39, 0.29) is 5.91 Å². The average molecular weight is 236 g/mol. The predicted octanol–water partition coefficient (Wildman–Crippen LogP) is 1.19. The molecule has 0 spiro atoms. The molecule has 94 valence electrons.